The average Bonchev–Trinajstić information content (AvgIpc) is 3.07. The van der Waals surface area contributed by atoms with Gasteiger partial charge in [0.25, 0.3) is 0 Å². The lowest BCUT2D eigenvalue weighted by Crippen LogP contribution is -2.11. The molecule has 5 heteroatoms. The van der Waals surface area contributed by atoms with Crippen LogP contribution in [0.15, 0.2) is 67.3 Å². The second kappa shape index (κ2) is 7.15. The van der Waals surface area contributed by atoms with Crippen molar-refractivity contribution < 1.29 is 13.5 Å². The third-order valence-electron chi connectivity index (χ3n) is 3.54. The van der Waals surface area contributed by atoms with E-state index in [0.29, 0.717) is 13.2 Å². The Morgan fingerprint density at radius 2 is 1.48 bits per heavy atom. The third kappa shape index (κ3) is 4.02. The molecule has 3 nitrogen and oxygen atoms in total. The van der Waals surface area contributed by atoms with E-state index in [2.05, 4.69) is 4.98 Å². The van der Waals surface area contributed by atoms with Gasteiger partial charge in [0, 0.05) is 18.9 Å². The Labute approximate surface area is 133 Å². The highest BCUT2D eigenvalue weighted by Gasteiger charge is 2.15. The monoisotopic (exact) mass is 314 g/mol. The third-order valence-corrected chi connectivity index (χ3v) is 3.54. The number of hydrogen-bond donors (Lipinski definition) is 0. The highest BCUT2D eigenvalue weighted by Crippen LogP contribution is 2.26. The van der Waals surface area contributed by atoms with Gasteiger partial charge in [0.1, 0.15) is 17.7 Å². The van der Waals surface area contributed by atoms with Gasteiger partial charge >= 0.3 is 0 Å². The number of benzene rings is 2. The largest absolute Gasteiger partial charge is 0.367 e. The van der Waals surface area contributed by atoms with Crippen LogP contribution in [-0.4, -0.2) is 16.2 Å². The highest BCUT2D eigenvalue weighted by atomic mass is 19.1. The minimum atomic E-state index is -0.375. The van der Waals surface area contributed by atoms with Crippen molar-refractivity contribution in [1.82, 2.24) is 9.55 Å². The Balaban J connectivity index is 1.77. The van der Waals surface area contributed by atoms with Gasteiger partial charge in [0.15, 0.2) is 0 Å². The summed E-state index contributed by atoms with van der Waals surface area (Å²) in [5.41, 5.74) is 1.65. The summed E-state index contributed by atoms with van der Waals surface area (Å²) in [7, 11) is 0. The first-order chi connectivity index (χ1) is 11.2. The quantitative estimate of drug-likeness (QED) is 0.688. The number of imidazole rings is 1. The number of aromatic nitrogens is 2. The molecule has 0 aliphatic carbocycles. The van der Waals surface area contributed by atoms with E-state index in [-0.39, 0.29) is 17.7 Å². The lowest BCUT2D eigenvalue weighted by molar-refractivity contribution is 0.0737. The summed E-state index contributed by atoms with van der Waals surface area (Å²) >= 11 is 0. The van der Waals surface area contributed by atoms with Crippen molar-refractivity contribution in [1.29, 1.82) is 0 Å². The van der Waals surface area contributed by atoms with Crippen LogP contribution < -0.4 is 0 Å². The number of halogens is 2. The van der Waals surface area contributed by atoms with E-state index in [9.17, 15) is 8.78 Å². The van der Waals surface area contributed by atoms with Crippen molar-refractivity contribution in [3.8, 4) is 0 Å². The summed E-state index contributed by atoms with van der Waals surface area (Å²) in [5.74, 6) is -0.602. The van der Waals surface area contributed by atoms with Gasteiger partial charge < -0.3 is 9.30 Å². The molecule has 0 atom stereocenters. The van der Waals surface area contributed by atoms with Crippen LogP contribution >= 0.6 is 0 Å². The molecule has 118 valence electrons. The predicted octanol–water partition coefficient (Wildman–Crippen LogP) is 3.97. The minimum absolute atomic E-state index is 0.301. The van der Waals surface area contributed by atoms with Gasteiger partial charge in [-0.1, -0.05) is 24.3 Å². The van der Waals surface area contributed by atoms with E-state index in [1.54, 1.807) is 36.8 Å². The fourth-order valence-electron chi connectivity index (χ4n) is 2.36. The molecule has 0 aliphatic rings. The number of hydrogen-bond acceptors (Lipinski definition) is 2. The van der Waals surface area contributed by atoms with Crippen molar-refractivity contribution in [2.24, 2.45) is 0 Å². The van der Waals surface area contributed by atoms with Crippen LogP contribution in [0.5, 0.6) is 0 Å². The first kappa shape index (κ1) is 15.4. The number of rotatable bonds is 6. The lowest BCUT2D eigenvalue weighted by Gasteiger charge is -2.19. The zero-order valence-electron chi connectivity index (χ0n) is 12.4. The number of ether oxygens (including phenoxy) is 1. The first-order valence-corrected chi connectivity index (χ1v) is 7.30. The molecule has 0 spiro atoms. The van der Waals surface area contributed by atoms with Crippen molar-refractivity contribution in [2.75, 3.05) is 6.61 Å². The van der Waals surface area contributed by atoms with E-state index < -0.39 is 0 Å². The molecular formula is C18H16F2N2O. The molecule has 1 heterocycles. The Morgan fingerprint density at radius 3 is 1.96 bits per heavy atom. The van der Waals surface area contributed by atoms with Gasteiger partial charge in [-0.15, -0.1) is 0 Å². The zero-order chi connectivity index (χ0) is 16.1. The normalized spacial score (nSPS) is 11.1. The smallest absolute Gasteiger partial charge is 0.123 e. The second-order valence-electron chi connectivity index (χ2n) is 5.15. The van der Waals surface area contributed by atoms with Crippen molar-refractivity contribution in [3.05, 3.63) is 90.0 Å². The first-order valence-electron chi connectivity index (χ1n) is 7.30. The standard InChI is InChI=1S/C18H16F2N2O/c19-16-5-1-14(2-6-16)18(15-3-7-17(20)8-4-15)23-12-11-22-10-9-21-13-22/h1-10,13,18H,11-12H2. The highest BCUT2D eigenvalue weighted by molar-refractivity contribution is 5.30. The minimum Gasteiger partial charge on any atom is -0.367 e. The maximum Gasteiger partial charge on any atom is 0.123 e. The molecule has 0 bridgehead atoms. The molecule has 0 amide bonds. The molecule has 3 aromatic rings. The Bertz CT molecular complexity index is 679. The van der Waals surface area contributed by atoms with Gasteiger partial charge in [-0.25, -0.2) is 13.8 Å². The molecular weight excluding hydrogens is 298 g/mol. The van der Waals surface area contributed by atoms with Crippen molar-refractivity contribution in [3.63, 3.8) is 0 Å². The van der Waals surface area contributed by atoms with Gasteiger partial charge in [-0.05, 0) is 35.4 Å². The predicted molar refractivity (Wildman–Crippen MR) is 82.8 cm³/mol. The van der Waals surface area contributed by atoms with E-state index in [1.165, 1.54) is 24.3 Å². The van der Waals surface area contributed by atoms with E-state index in [0.717, 1.165) is 11.1 Å². The average molecular weight is 314 g/mol. The maximum atomic E-state index is 13.1. The molecule has 0 saturated heterocycles. The summed E-state index contributed by atoms with van der Waals surface area (Å²) in [4.78, 5) is 3.98. The summed E-state index contributed by atoms with van der Waals surface area (Å²) < 4.78 is 34.2. The van der Waals surface area contributed by atoms with Crippen molar-refractivity contribution >= 4 is 0 Å². The van der Waals surface area contributed by atoms with Gasteiger partial charge in [0.05, 0.1) is 12.9 Å². The second-order valence-corrected chi connectivity index (χ2v) is 5.15. The van der Waals surface area contributed by atoms with Crippen LogP contribution in [0.3, 0.4) is 0 Å². The maximum absolute atomic E-state index is 13.1. The van der Waals surface area contributed by atoms with E-state index in [4.69, 9.17) is 4.74 Å². The zero-order valence-corrected chi connectivity index (χ0v) is 12.4. The van der Waals surface area contributed by atoms with Crippen LogP contribution in [0.4, 0.5) is 8.78 Å². The topological polar surface area (TPSA) is 27.1 Å². The van der Waals surface area contributed by atoms with Gasteiger partial charge in [-0.3, -0.25) is 0 Å². The van der Waals surface area contributed by atoms with Crippen LogP contribution in [0, 0.1) is 11.6 Å². The van der Waals surface area contributed by atoms with E-state index in [1.807, 2.05) is 10.8 Å². The lowest BCUT2D eigenvalue weighted by atomic mass is 10.0. The summed E-state index contributed by atoms with van der Waals surface area (Å²) in [6, 6.07) is 12.3. The molecule has 1 aromatic heterocycles. The van der Waals surface area contributed by atoms with Gasteiger partial charge in [-0.2, -0.15) is 0 Å². The summed E-state index contributed by atoms with van der Waals surface area (Å²) in [6.07, 6.45) is 4.90. The SMILES string of the molecule is Fc1ccc(C(OCCn2ccnc2)c2ccc(F)cc2)cc1. The Morgan fingerprint density at radius 1 is 0.913 bits per heavy atom. The molecule has 2 aromatic carbocycles. The van der Waals surface area contributed by atoms with Gasteiger partial charge in [0.2, 0.25) is 0 Å². The molecule has 0 unspecified atom stereocenters. The fourth-order valence-corrected chi connectivity index (χ4v) is 2.36. The molecule has 0 fully saturated rings. The van der Waals surface area contributed by atoms with Crippen molar-refractivity contribution in [2.45, 2.75) is 12.6 Å². The van der Waals surface area contributed by atoms with Crippen LogP contribution in [-0.2, 0) is 11.3 Å². The molecule has 23 heavy (non-hydrogen) atoms. The molecule has 0 N–H and O–H groups in total. The van der Waals surface area contributed by atoms with Crippen LogP contribution in [0.2, 0.25) is 0 Å². The summed E-state index contributed by atoms with van der Waals surface area (Å²) in [5, 5.41) is 0. The summed E-state index contributed by atoms with van der Waals surface area (Å²) in [6.45, 7) is 1.11. The molecule has 0 aliphatic heterocycles. The fraction of sp³-hybridized carbons (Fsp3) is 0.167. The van der Waals surface area contributed by atoms with Crippen LogP contribution in [0.1, 0.15) is 17.2 Å². The number of nitrogens with zero attached hydrogens (tertiary/aromatic N) is 2. The van der Waals surface area contributed by atoms with Crippen LogP contribution in [0.25, 0.3) is 0 Å². The molecule has 0 saturated carbocycles. The Hall–Kier alpha value is -2.53. The van der Waals surface area contributed by atoms with E-state index >= 15 is 0 Å². The molecule has 0 radical (unpaired) electrons. The Kier molecular flexibility index (Phi) is 4.78. The molecule has 3 rings (SSSR count).